The van der Waals surface area contributed by atoms with Gasteiger partial charge < -0.3 is 14.3 Å². The van der Waals surface area contributed by atoms with Crippen molar-refractivity contribution in [2.75, 3.05) is 13.1 Å². The maximum Gasteiger partial charge on any atom is 0.233 e. The van der Waals surface area contributed by atoms with Crippen molar-refractivity contribution in [3.63, 3.8) is 0 Å². The van der Waals surface area contributed by atoms with Gasteiger partial charge in [0.25, 0.3) is 0 Å². The van der Waals surface area contributed by atoms with Gasteiger partial charge in [-0.3, -0.25) is 0 Å². The third-order valence-corrected chi connectivity index (χ3v) is 3.50. The molecule has 0 radical (unpaired) electrons. The zero-order valence-corrected chi connectivity index (χ0v) is 10.6. The van der Waals surface area contributed by atoms with Crippen LogP contribution in [0.25, 0.3) is 11.5 Å². The van der Waals surface area contributed by atoms with Crippen molar-refractivity contribution in [2.24, 2.45) is 0 Å². The lowest BCUT2D eigenvalue weighted by Crippen LogP contribution is -2.37. The minimum Gasteiger partial charge on any atom is -0.449 e. The summed E-state index contributed by atoms with van der Waals surface area (Å²) < 4.78 is 10.6. The predicted octanol–water partition coefficient (Wildman–Crippen LogP) is 1.67. The summed E-state index contributed by atoms with van der Waals surface area (Å²) >= 11 is 0. The number of oxazole rings is 1. The van der Waals surface area contributed by atoms with Crippen LogP contribution in [-0.2, 0) is 5.41 Å². The molecule has 1 aliphatic heterocycles. The number of nitrogens with one attached hydrogen (secondary N) is 1. The molecule has 18 heavy (non-hydrogen) atoms. The standard InChI is InChI=1S/C12H16N4O2/c1-8-14-9(7-17-8)10-15-11(18-16-10)12(2)3-5-13-6-4-12/h7,13H,3-6H2,1-2H3. The molecule has 0 atom stereocenters. The van der Waals surface area contributed by atoms with Gasteiger partial charge in [0.2, 0.25) is 11.7 Å². The first-order valence-corrected chi connectivity index (χ1v) is 6.15. The molecule has 1 N–H and O–H groups in total. The van der Waals surface area contributed by atoms with Gasteiger partial charge in [0.1, 0.15) is 12.0 Å². The molecule has 3 rings (SSSR count). The normalized spacial score (nSPS) is 19.0. The first kappa shape index (κ1) is 11.4. The second-order valence-electron chi connectivity index (χ2n) is 4.99. The first-order chi connectivity index (χ1) is 8.67. The summed E-state index contributed by atoms with van der Waals surface area (Å²) in [6.07, 6.45) is 3.56. The lowest BCUT2D eigenvalue weighted by atomic mass is 9.81. The van der Waals surface area contributed by atoms with Crippen molar-refractivity contribution in [3.8, 4) is 11.5 Å². The van der Waals surface area contributed by atoms with Gasteiger partial charge in [0.15, 0.2) is 5.89 Å². The Kier molecular flexibility index (Phi) is 2.66. The van der Waals surface area contributed by atoms with Crippen LogP contribution in [-0.4, -0.2) is 28.2 Å². The van der Waals surface area contributed by atoms with Crippen molar-refractivity contribution in [3.05, 3.63) is 18.0 Å². The molecular weight excluding hydrogens is 232 g/mol. The number of rotatable bonds is 2. The largest absolute Gasteiger partial charge is 0.449 e. The summed E-state index contributed by atoms with van der Waals surface area (Å²) in [4.78, 5) is 8.66. The van der Waals surface area contributed by atoms with Crippen LogP contribution in [0, 0.1) is 6.92 Å². The maximum atomic E-state index is 5.40. The average molecular weight is 248 g/mol. The number of nitrogens with zero attached hydrogens (tertiary/aromatic N) is 3. The van der Waals surface area contributed by atoms with E-state index < -0.39 is 0 Å². The van der Waals surface area contributed by atoms with Crippen LogP contribution in [0.1, 0.15) is 31.5 Å². The van der Waals surface area contributed by atoms with Crippen molar-refractivity contribution >= 4 is 0 Å². The molecule has 1 fully saturated rings. The van der Waals surface area contributed by atoms with E-state index in [4.69, 9.17) is 8.94 Å². The highest BCUT2D eigenvalue weighted by atomic mass is 16.5. The monoisotopic (exact) mass is 248 g/mol. The summed E-state index contributed by atoms with van der Waals surface area (Å²) in [6.45, 7) is 5.92. The highest BCUT2D eigenvalue weighted by Crippen LogP contribution is 2.32. The Morgan fingerprint density at radius 2 is 2.06 bits per heavy atom. The van der Waals surface area contributed by atoms with Crippen LogP contribution in [0.2, 0.25) is 0 Å². The fourth-order valence-electron chi connectivity index (χ4n) is 2.23. The van der Waals surface area contributed by atoms with E-state index >= 15 is 0 Å². The van der Waals surface area contributed by atoms with Gasteiger partial charge in [-0.05, 0) is 25.9 Å². The van der Waals surface area contributed by atoms with Crippen molar-refractivity contribution in [2.45, 2.75) is 32.1 Å². The molecule has 0 unspecified atom stereocenters. The minimum absolute atomic E-state index is 0.0325. The molecule has 6 nitrogen and oxygen atoms in total. The van der Waals surface area contributed by atoms with Crippen LogP contribution >= 0.6 is 0 Å². The fourth-order valence-corrected chi connectivity index (χ4v) is 2.23. The van der Waals surface area contributed by atoms with Gasteiger partial charge in [-0.1, -0.05) is 12.1 Å². The van der Waals surface area contributed by atoms with E-state index in [1.807, 2.05) is 0 Å². The molecule has 2 aromatic heterocycles. The average Bonchev–Trinajstić information content (AvgIpc) is 2.98. The number of hydrogen-bond donors (Lipinski definition) is 1. The molecule has 1 aliphatic rings. The van der Waals surface area contributed by atoms with Gasteiger partial charge >= 0.3 is 0 Å². The Morgan fingerprint density at radius 3 is 2.72 bits per heavy atom. The second-order valence-corrected chi connectivity index (χ2v) is 4.99. The summed E-state index contributed by atoms with van der Waals surface area (Å²) in [5, 5.41) is 7.33. The lowest BCUT2D eigenvalue weighted by Gasteiger charge is -2.30. The fraction of sp³-hybridized carbons (Fsp3) is 0.583. The number of aryl methyl sites for hydroxylation is 1. The molecule has 0 aromatic carbocycles. The Labute approximate surface area is 105 Å². The van der Waals surface area contributed by atoms with E-state index in [0.717, 1.165) is 25.9 Å². The van der Waals surface area contributed by atoms with E-state index in [1.165, 1.54) is 0 Å². The van der Waals surface area contributed by atoms with Crippen LogP contribution in [0.4, 0.5) is 0 Å². The van der Waals surface area contributed by atoms with Gasteiger partial charge in [0.05, 0.1) is 0 Å². The Bertz CT molecular complexity index is 540. The summed E-state index contributed by atoms with van der Waals surface area (Å²) in [5.41, 5.74) is 0.593. The van der Waals surface area contributed by atoms with E-state index in [-0.39, 0.29) is 5.41 Å². The van der Waals surface area contributed by atoms with Crippen LogP contribution in [0.3, 0.4) is 0 Å². The molecule has 96 valence electrons. The minimum atomic E-state index is -0.0325. The number of hydrogen-bond acceptors (Lipinski definition) is 6. The van der Waals surface area contributed by atoms with E-state index in [9.17, 15) is 0 Å². The van der Waals surface area contributed by atoms with Crippen molar-refractivity contribution < 1.29 is 8.94 Å². The van der Waals surface area contributed by atoms with Gasteiger partial charge in [-0.25, -0.2) is 4.98 Å². The molecule has 0 amide bonds. The number of aromatic nitrogens is 3. The molecule has 3 heterocycles. The summed E-state index contributed by atoms with van der Waals surface area (Å²) in [7, 11) is 0. The van der Waals surface area contributed by atoms with E-state index in [1.54, 1.807) is 13.2 Å². The van der Waals surface area contributed by atoms with E-state index in [0.29, 0.717) is 23.3 Å². The maximum absolute atomic E-state index is 5.40. The molecule has 0 saturated carbocycles. The molecule has 0 bridgehead atoms. The molecule has 0 spiro atoms. The highest BCUT2D eigenvalue weighted by molar-refractivity contribution is 5.45. The Balaban J connectivity index is 1.89. The topological polar surface area (TPSA) is 77.0 Å². The highest BCUT2D eigenvalue weighted by Gasteiger charge is 2.34. The first-order valence-electron chi connectivity index (χ1n) is 6.15. The molecule has 6 heteroatoms. The zero-order valence-electron chi connectivity index (χ0n) is 10.6. The van der Waals surface area contributed by atoms with Crippen LogP contribution < -0.4 is 5.32 Å². The van der Waals surface area contributed by atoms with Crippen molar-refractivity contribution in [1.82, 2.24) is 20.4 Å². The molecular formula is C12H16N4O2. The number of piperidine rings is 1. The van der Waals surface area contributed by atoms with Gasteiger partial charge in [0, 0.05) is 12.3 Å². The Morgan fingerprint density at radius 1 is 1.28 bits per heavy atom. The predicted molar refractivity (Wildman–Crippen MR) is 64.0 cm³/mol. The second kappa shape index (κ2) is 4.20. The van der Waals surface area contributed by atoms with Gasteiger partial charge in [-0.15, -0.1) is 0 Å². The smallest absolute Gasteiger partial charge is 0.233 e. The quantitative estimate of drug-likeness (QED) is 0.871. The van der Waals surface area contributed by atoms with Crippen LogP contribution in [0.5, 0.6) is 0 Å². The Hall–Kier alpha value is -1.69. The third kappa shape index (κ3) is 1.92. The SMILES string of the molecule is Cc1nc(-c2noc(C3(C)CCNCC3)n2)co1. The van der Waals surface area contributed by atoms with E-state index in [2.05, 4.69) is 27.4 Å². The summed E-state index contributed by atoms with van der Waals surface area (Å²) in [6, 6.07) is 0. The van der Waals surface area contributed by atoms with Crippen LogP contribution in [0.15, 0.2) is 15.2 Å². The van der Waals surface area contributed by atoms with Gasteiger partial charge in [-0.2, -0.15) is 4.98 Å². The zero-order chi connectivity index (χ0) is 12.6. The molecule has 0 aliphatic carbocycles. The van der Waals surface area contributed by atoms with Crippen molar-refractivity contribution in [1.29, 1.82) is 0 Å². The lowest BCUT2D eigenvalue weighted by molar-refractivity contribution is 0.241. The molecule has 1 saturated heterocycles. The third-order valence-electron chi connectivity index (χ3n) is 3.50. The molecule has 2 aromatic rings. The summed E-state index contributed by atoms with van der Waals surface area (Å²) in [5.74, 6) is 1.80.